The molecule has 0 unspecified atom stereocenters. The maximum atomic E-state index is 11.6. The SMILES string of the molecule is COc1ccc2c(c1)CN(CNC(=O)OC(C)(C)C)C2. The summed E-state index contributed by atoms with van der Waals surface area (Å²) in [7, 11) is 1.67. The minimum atomic E-state index is -0.467. The van der Waals surface area contributed by atoms with E-state index in [2.05, 4.69) is 16.3 Å². The van der Waals surface area contributed by atoms with Crippen molar-refractivity contribution in [3.63, 3.8) is 0 Å². The van der Waals surface area contributed by atoms with Gasteiger partial charge in [-0.05, 0) is 44.0 Å². The van der Waals surface area contributed by atoms with Crippen LogP contribution in [0.2, 0.25) is 0 Å². The number of alkyl carbamates (subject to hydrolysis) is 1. The Morgan fingerprint density at radius 2 is 2.00 bits per heavy atom. The van der Waals surface area contributed by atoms with Gasteiger partial charge in [-0.15, -0.1) is 0 Å². The highest BCUT2D eigenvalue weighted by molar-refractivity contribution is 5.67. The molecule has 20 heavy (non-hydrogen) atoms. The molecule has 110 valence electrons. The number of rotatable bonds is 3. The van der Waals surface area contributed by atoms with Gasteiger partial charge in [-0.25, -0.2) is 4.79 Å². The Kier molecular flexibility index (Phi) is 4.18. The predicted molar refractivity (Wildman–Crippen MR) is 76.5 cm³/mol. The van der Waals surface area contributed by atoms with Crippen molar-refractivity contribution < 1.29 is 14.3 Å². The van der Waals surface area contributed by atoms with Crippen LogP contribution in [0.1, 0.15) is 31.9 Å². The summed E-state index contributed by atoms with van der Waals surface area (Å²) in [6.45, 7) is 7.67. The van der Waals surface area contributed by atoms with Crippen LogP contribution >= 0.6 is 0 Å². The number of hydrogen-bond donors (Lipinski definition) is 1. The summed E-state index contributed by atoms with van der Waals surface area (Å²) < 4.78 is 10.4. The van der Waals surface area contributed by atoms with E-state index in [1.165, 1.54) is 11.1 Å². The number of ether oxygens (including phenoxy) is 2. The first-order valence-electron chi connectivity index (χ1n) is 6.72. The second-order valence-electron chi connectivity index (χ2n) is 5.96. The fourth-order valence-corrected chi connectivity index (χ4v) is 2.17. The molecule has 0 aromatic heterocycles. The Morgan fingerprint density at radius 3 is 2.65 bits per heavy atom. The number of carbonyl (C=O) groups excluding carboxylic acids is 1. The summed E-state index contributed by atoms with van der Waals surface area (Å²) in [5.74, 6) is 0.866. The number of nitrogens with one attached hydrogen (secondary N) is 1. The van der Waals surface area contributed by atoms with Crippen LogP contribution in [0.4, 0.5) is 4.79 Å². The zero-order valence-electron chi connectivity index (χ0n) is 12.5. The van der Waals surface area contributed by atoms with E-state index in [0.717, 1.165) is 18.8 Å². The smallest absolute Gasteiger partial charge is 0.408 e. The fraction of sp³-hybridized carbons (Fsp3) is 0.533. The van der Waals surface area contributed by atoms with Crippen LogP contribution in [0.25, 0.3) is 0 Å². The van der Waals surface area contributed by atoms with Gasteiger partial charge in [0, 0.05) is 13.1 Å². The second kappa shape index (κ2) is 5.71. The lowest BCUT2D eigenvalue weighted by molar-refractivity contribution is 0.0489. The summed E-state index contributed by atoms with van der Waals surface area (Å²) in [6.07, 6.45) is -0.383. The normalized spacial score (nSPS) is 14.8. The van der Waals surface area contributed by atoms with Gasteiger partial charge in [0.1, 0.15) is 11.4 Å². The van der Waals surface area contributed by atoms with Crippen LogP contribution in [-0.2, 0) is 17.8 Å². The molecule has 1 amide bonds. The van der Waals surface area contributed by atoms with Crippen molar-refractivity contribution in [2.45, 2.75) is 39.5 Å². The molecule has 1 aromatic rings. The average molecular weight is 278 g/mol. The van der Waals surface area contributed by atoms with Gasteiger partial charge in [0.2, 0.25) is 0 Å². The highest BCUT2D eigenvalue weighted by Crippen LogP contribution is 2.26. The third kappa shape index (κ3) is 3.87. The zero-order chi connectivity index (χ0) is 14.8. The number of hydrogen-bond acceptors (Lipinski definition) is 4. The Labute approximate surface area is 119 Å². The Bertz CT molecular complexity index is 494. The van der Waals surface area contributed by atoms with Crippen LogP contribution in [0.15, 0.2) is 18.2 Å². The third-order valence-corrected chi connectivity index (χ3v) is 3.05. The molecule has 1 aliphatic heterocycles. The van der Waals surface area contributed by atoms with Gasteiger partial charge in [0.25, 0.3) is 0 Å². The van der Waals surface area contributed by atoms with Gasteiger partial charge in [-0.3, -0.25) is 4.90 Å². The Hall–Kier alpha value is -1.75. The Balaban J connectivity index is 1.84. The van der Waals surface area contributed by atoms with Crippen molar-refractivity contribution in [2.24, 2.45) is 0 Å². The lowest BCUT2D eigenvalue weighted by Crippen LogP contribution is -2.38. The summed E-state index contributed by atoms with van der Waals surface area (Å²) in [5, 5.41) is 2.78. The van der Waals surface area contributed by atoms with Crippen molar-refractivity contribution in [3.8, 4) is 5.75 Å². The van der Waals surface area contributed by atoms with E-state index in [0.29, 0.717) is 6.67 Å². The molecule has 5 nitrogen and oxygen atoms in total. The van der Waals surface area contributed by atoms with Crippen LogP contribution < -0.4 is 10.1 Å². The fourth-order valence-electron chi connectivity index (χ4n) is 2.17. The summed E-state index contributed by atoms with van der Waals surface area (Å²) in [5.41, 5.74) is 2.05. The molecule has 0 radical (unpaired) electrons. The molecule has 1 aromatic carbocycles. The van der Waals surface area contributed by atoms with Crippen LogP contribution in [0, 0.1) is 0 Å². The van der Waals surface area contributed by atoms with Crippen LogP contribution in [-0.4, -0.2) is 30.4 Å². The van der Waals surface area contributed by atoms with E-state index in [1.807, 2.05) is 32.9 Å². The van der Waals surface area contributed by atoms with Crippen molar-refractivity contribution in [3.05, 3.63) is 29.3 Å². The van der Waals surface area contributed by atoms with Gasteiger partial charge in [-0.1, -0.05) is 6.07 Å². The summed E-state index contributed by atoms with van der Waals surface area (Å²) >= 11 is 0. The predicted octanol–water partition coefficient (Wildman–Crippen LogP) is 2.49. The third-order valence-electron chi connectivity index (χ3n) is 3.05. The summed E-state index contributed by atoms with van der Waals surface area (Å²) in [4.78, 5) is 13.8. The van der Waals surface area contributed by atoms with E-state index >= 15 is 0 Å². The van der Waals surface area contributed by atoms with E-state index in [1.54, 1.807) is 7.11 Å². The number of fused-ring (bicyclic) bond motifs is 1. The molecule has 1 aliphatic rings. The van der Waals surface area contributed by atoms with Crippen molar-refractivity contribution in [2.75, 3.05) is 13.8 Å². The van der Waals surface area contributed by atoms with Crippen molar-refractivity contribution >= 4 is 6.09 Å². The topological polar surface area (TPSA) is 50.8 Å². The first kappa shape index (κ1) is 14.7. The maximum Gasteiger partial charge on any atom is 0.408 e. The average Bonchev–Trinajstić information content (AvgIpc) is 2.75. The molecule has 0 aliphatic carbocycles. The quantitative estimate of drug-likeness (QED) is 0.923. The minimum absolute atomic E-state index is 0.383. The van der Waals surface area contributed by atoms with Crippen LogP contribution in [0.5, 0.6) is 5.75 Å². The summed E-state index contributed by atoms with van der Waals surface area (Å²) in [6, 6.07) is 6.08. The van der Waals surface area contributed by atoms with Crippen LogP contribution in [0.3, 0.4) is 0 Å². The minimum Gasteiger partial charge on any atom is -0.497 e. The second-order valence-corrected chi connectivity index (χ2v) is 5.96. The number of benzene rings is 1. The number of amides is 1. The van der Waals surface area contributed by atoms with Gasteiger partial charge in [0.15, 0.2) is 0 Å². The van der Waals surface area contributed by atoms with Crippen molar-refractivity contribution in [1.29, 1.82) is 0 Å². The molecule has 0 saturated carbocycles. The molecule has 0 atom stereocenters. The van der Waals surface area contributed by atoms with E-state index in [9.17, 15) is 4.79 Å². The van der Waals surface area contributed by atoms with E-state index in [-0.39, 0.29) is 6.09 Å². The zero-order valence-corrected chi connectivity index (χ0v) is 12.5. The molecular weight excluding hydrogens is 256 g/mol. The van der Waals surface area contributed by atoms with Gasteiger partial charge in [-0.2, -0.15) is 0 Å². The molecule has 1 N–H and O–H groups in total. The number of carbonyl (C=O) groups is 1. The molecule has 0 saturated heterocycles. The molecule has 0 spiro atoms. The van der Waals surface area contributed by atoms with Gasteiger partial charge < -0.3 is 14.8 Å². The van der Waals surface area contributed by atoms with Crippen molar-refractivity contribution in [1.82, 2.24) is 10.2 Å². The van der Waals surface area contributed by atoms with E-state index < -0.39 is 5.60 Å². The molecule has 0 bridgehead atoms. The largest absolute Gasteiger partial charge is 0.497 e. The standard InChI is InChI=1S/C15H22N2O3/c1-15(2,3)20-14(18)16-10-17-8-11-5-6-13(19-4)7-12(11)9-17/h5-7H,8-10H2,1-4H3,(H,16,18). The number of nitrogens with zero attached hydrogens (tertiary/aromatic N) is 1. The highest BCUT2D eigenvalue weighted by Gasteiger charge is 2.21. The molecular formula is C15H22N2O3. The molecule has 2 rings (SSSR count). The highest BCUT2D eigenvalue weighted by atomic mass is 16.6. The number of methoxy groups -OCH3 is 1. The van der Waals surface area contributed by atoms with E-state index in [4.69, 9.17) is 9.47 Å². The first-order chi connectivity index (χ1) is 9.37. The lowest BCUT2D eigenvalue weighted by atomic mass is 10.1. The van der Waals surface area contributed by atoms with Gasteiger partial charge >= 0.3 is 6.09 Å². The monoisotopic (exact) mass is 278 g/mol. The molecule has 1 heterocycles. The lowest BCUT2D eigenvalue weighted by Gasteiger charge is -2.21. The van der Waals surface area contributed by atoms with Gasteiger partial charge in [0.05, 0.1) is 13.8 Å². The maximum absolute atomic E-state index is 11.6. The molecule has 0 fully saturated rings. The molecule has 5 heteroatoms. The Morgan fingerprint density at radius 1 is 1.30 bits per heavy atom. The first-order valence-corrected chi connectivity index (χ1v) is 6.72.